The number of hydrogen-bond donors (Lipinski definition) is 3. The van der Waals surface area contributed by atoms with Gasteiger partial charge in [0.15, 0.2) is 5.78 Å². The number of carbonyl (C=O) groups excluding carboxylic acids is 1. The predicted molar refractivity (Wildman–Crippen MR) is 87.5 cm³/mol. The van der Waals surface area contributed by atoms with Crippen molar-refractivity contribution >= 4 is 11.9 Å². The van der Waals surface area contributed by atoms with Crippen LogP contribution in [0.25, 0.3) is 6.08 Å². The minimum atomic E-state index is -1.38. The van der Waals surface area contributed by atoms with Crippen molar-refractivity contribution in [3.05, 3.63) is 22.8 Å². The summed E-state index contributed by atoms with van der Waals surface area (Å²) < 4.78 is 11.8. The highest BCUT2D eigenvalue weighted by Crippen LogP contribution is 2.53. The van der Waals surface area contributed by atoms with Crippen molar-refractivity contribution in [2.75, 3.05) is 0 Å². The lowest BCUT2D eigenvalue weighted by atomic mass is 9.84. The first-order chi connectivity index (χ1) is 11.0. The zero-order valence-electron chi connectivity index (χ0n) is 14.4. The van der Waals surface area contributed by atoms with E-state index in [0.29, 0.717) is 5.56 Å². The van der Waals surface area contributed by atoms with Crippen LogP contribution in [0.15, 0.2) is 6.08 Å². The summed E-state index contributed by atoms with van der Waals surface area (Å²) in [6.07, 6.45) is 0.933. The monoisotopic (exact) mass is 334 g/mol. The van der Waals surface area contributed by atoms with Gasteiger partial charge in [0.05, 0.1) is 11.1 Å². The lowest BCUT2D eigenvalue weighted by Crippen LogP contribution is -2.49. The molecule has 0 bridgehead atoms. The van der Waals surface area contributed by atoms with Gasteiger partial charge in [-0.1, -0.05) is 0 Å². The molecular weight excluding hydrogens is 312 g/mol. The molecule has 0 spiro atoms. The molecule has 3 rings (SSSR count). The number of aliphatic hydroxyl groups is 2. The first-order valence-corrected chi connectivity index (χ1v) is 7.83. The number of benzene rings is 1. The number of phenolic OH excluding ortho intramolecular Hbond substituents is 1. The highest BCUT2D eigenvalue weighted by Gasteiger charge is 2.47. The van der Waals surface area contributed by atoms with E-state index in [2.05, 4.69) is 0 Å². The molecule has 6 nitrogen and oxygen atoms in total. The highest BCUT2D eigenvalue weighted by atomic mass is 16.5. The third kappa shape index (κ3) is 2.29. The summed E-state index contributed by atoms with van der Waals surface area (Å²) in [5.74, 6) is -0.360. The lowest BCUT2D eigenvalue weighted by molar-refractivity contribution is -0.112. The van der Waals surface area contributed by atoms with Crippen molar-refractivity contribution in [1.29, 1.82) is 0 Å². The fourth-order valence-electron chi connectivity index (χ4n) is 3.14. The van der Waals surface area contributed by atoms with Gasteiger partial charge in [0.25, 0.3) is 0 Å². The molecule has 2 aliphatic rings. The number of aromatic hydroxyl groups is 1. The maximum Gasteiger partial charge on any atom is 0.167 e. The van der Waals surface area contributed by atoms with Crippen molar-refractivity contribution in [2.45, 2.75) is 58.0 Å². The molecule has 130 valence electrons. The molecule has 0 unspecified atom stereocenters. The molecule has 0 aliphatic carbocycles. The molecule has 0 fully saturated rings. The molecule has 0 saturated carbocycles. The summed E-state index contributed by atoms with van der Waals surface area (Å²) in [4.78, 5) is 12.1. The summed E-state index contributed by atoms with van der Waals surface area (Å²) >= 11 is 0. The van der Waals surface area contributed by atoms with Crippen molar-refractivity contribution in [2.24, 2.45) is 0 Å². The van der Waals surface area contributed by atoms with E-state index in [4.69, 9.17) is 9.47 Å². The largest absolute Gasteiger partial charge is 0.507 e. The molecular formula is C18H22O6. The molecule has 3 N–H and O–H groups in total. The van der Waals surface area contributed by atoms with Crippen LogP contribution in [0.3, 0.4) is 0 Å². The van der Waals surface area contributed by atoms with E-state index in [-0.39, 0.29) is 22.6 Å². The number of phenols is 1. The number of rotatable bonds is 1. The van der Waals surface area contributed by atoms with Crippen LogP contribution in [0.1, 0.15) is 62.2 Å². The number of carbonyl (C=O) groups is 1. The zero-order valence-corrected chi connectivity index (χ0v) is 14.4. The fourth-order valence-corrected chi connectivity index (χ4v) is 3.14. The average molecular weight is 334 g/mol. The molecule has 0 saturated heterocycles. The van der Waals surface area contributed by atoms with Gasteiger partial charge >= 0.3 is 0 Å². The minimum absolute atomic E-state index is 0.0127. The Labute approximate surface area is 140 Å². The molecule has 0 amide bonds. The molecule has 2 heterocycles. The van der Waals surface area contributed by atoms with Crippen LogP contribution >= 0.6 is 0 Å². The number of hydrogen-bond acceptors (Lipinski definition) is 6. The first-order valence-electron chi connectivity index (χ1n) is 7.83. The molecule has 1 aromatic rings. The third-order valence-electron chi connectivity index (χ3n) is 4.49. The maximum atomic E-state index is 12.1. The fraction of sp³-hybridized carbons (Fsp3) is 0.500. The molecule has 0 radical (unpaired) electrons. The van der Waals surface area contributed by atoms with E-state index in [1.54, 1.807) is 19.9 Å². The molecule has 1 aromatic carbocycles. The number of ketones is 1. The second-order valence-electron chi connectivity index (χ2n) is 7.40. The average Bonchev–Trinajstić information content (AvgIpc) is 2.42. The lowest BCUT2D eigenvalue weighted by Gasteiger charge is -2.42. The van der Waals surface area contributed by atoms with Crippen molar-refractivity contribution in [3.8, 4) is 17.2 Å². The Morgan fingerprint density at radius 2 is 1.75 bits per heavy atom. The van der Waals surface area contributed by atoms with Gasteiger partial charge in [0, 0.05) is 0 Å². The maximum absolute atomic E-state index is 12.1. The van der Waals surface area contributed by atoms with Gasteiger partial charge in [0.1, 0.15) is 46.2 Å². The summed E-state index contributed by atoms with van der Waals surface area (Å²) in [6.45, 7) is 8.26. The Hall–Kier alpha value is -2.05. The Morgan fingerprint density at radius 1 is 1.12 bits per heavy atom. The van der Waals surface area contributed by atoms with E-state index in [0.717, 1.165) is 0 Å². The number of ether oxygens (including phenoxy) is 2. The van der Waals surface area contributed by atoms with E-state index in [1.165, 1.54) is 6.92 Å². The van der Waals surface area contributed by atoms with Crippen LogP contribution in [0.4, 0.5) is 0 Å². The van der Waals surface area contributed by atoms with E-state index in [9.17, 15) is 20.1 Å². The van der Waals surface area contributed by atoms with Crippen LogP contribution in [0.2, 0.25) is 0 Å². The van der Waals surface area contributed by atoms with Crippen LogP contribution in [0.5, 0.6) is 17.2 Å². The Bertz CT molecular complexity index is 760. The molecule has 2 atom stereocenters. The van der Waals surface area contributed by atoms with Gasteiger partial charge in [-0.15, -0.1) is 0 Å². The Kier molecular flexibility index (Phi) is 3.48. The number of Topliss-reactive ketones (excluding diaryl/α,β-unsaturated/α-hetero) is 1. The van der Waals surface area contributed by atoms with Crippen LogP contribution in [0, 0.1) is 0 Å². The first kappa shape index (κ1) is 16.8. The molecule has 0 aromatic heterocycles. The molecule has 24 heavy (non-hydrogen) atoms. The quantitative estimate of drug-likeness (QED) is 0.682. The minimum Gasteiger partial charge on any atom is -0.507 e. The smallest absolute Gasteiger partial charge is 0.167 e. The summed E-state index contributed by atoms with van der Waals surface area (Å²) in [7, 11) is 0. The van der Waals surface area contributed by atoms with E-state index in [1.807, 2.05) is 19.9 Å². The molecule has 6 heteroatoms. The SMILES string of the molecule is CC(=O)c1c(O)c2c(c3c1OC(C)(C)C=C3)OC(C)(C)[C@@H](O)[C@@H]2O. The summed E-state index contributed by atoms with van der Waals surface area (Å²) in [5, 5.41) is 31.4. The Morgan fingerprint density at radius 3 is 2.33 bits per heavy atom. The number of aliphatic hydroxyl groups excluding tert-OH is 2. The second-order valence-corrected chi connectivity index (χ2v) is 7.40. The van der Waals surface area contributed by atoms with Gasteiger partial charge in [-0.25, -0.2) is 0 Å². The summed E-state index contributed by atoms with van der Waals surface area (Å²) in [6, 6.07) is 0. The van der Waals surface area contributed by atoms with Gasteiger partial charge < -0.3 is 24.8 Å². The van der Waals surface area contributed by atoms with Gasteiger partial charge in [0.2, 0.25) is 0 Å². The topological polar surface area (TPSA) is 96.2 Å². The summed E-state index contributed by atoms with van der Waals surface area (Å²) in [5.41, 5.74) is -1.24. The number of fused-ring (bicyclic) bond motifs is 3. The van der Waals surface area contributed by atoms with E-state index >= 15 is 0 Å². The Balaban J connectivity index is 2.37. The van der Waals surface area contributed by atoms with E-state index < -0.39 is 34.9 Å². The highest BCUT2D eigenvalue weighted by molar-refractivity contribution is 6.02. The van der Waals surface area contributed by atoms with Crippen LogP contribution < -0.4 is 9.47 Å². The normalized spacial score (nSPS) is 26.0. The van der Waals surface area contributed by atoms with Gasteiger partial charge in [-0.3, -0.25) is 4.79 Å². The zero-order chi connectivity index (χ0) is 18.0. The molecule has 2 aliphatic heterocycles. The van der Waals surface area contributed by atoms with Crippen molar-refractivity contribution in [3.63, 3.8) is 0 Å². The van der Waals surface area contributed by atoms with Crippen LogP contribution in [-0.4, -0.2) is 38.4 Å². The van der Waals surface area contributed by atoms with Crippen molar-refractivity contribution in [1.82, 2.24) is 0 Å². The standard InChI is InChI=1S/C18H22O6/c1-8(19)10-12(20)11-13(21)16(22)18(4,5)24-15(11)9-6-7-17(2,3)23-14(9)10/h6-7,13,16,20-22H,1-5H3/t13-,16+/m1/s1. The van der Waals surface area contributed by atoms with Gasteiger partial charge in [-0.05, 0) is 46.8 Å². The second kappa shape index (κ2) is 4.97. The van der Waals surface area contributed by atoms with Crippen LogP contribution in [-0.2, 0) is 0 Å². The predicted octanol–water partition coefficient (Wildman–Crippen LogP) is 2.34. The van der Waals surface area contributed by atoms with Gasteiger partial charge in [-0.2, -0.15) is 0 Å². The third-order valence-corrected chi connectivity index (χ3v) is 4.49. The van der Waals surface area contributed by atoms with Crippen molar-refractivity contribution < 1.29 is 29.6 Å².